The summed E-state index contributed by atoms with van der Waals surface area (Å²) in [6.45, 7) is 1.19. The molecule has 112 valence electrons. The monoisotopic (exact) mass is 317 g/mol. The van der Waals surface area contributed by atoms with E-state index in [1.807, 2.05) is 11.8 Å². The van der Waals surface area contributed by atoms with Gasteiger partial charge in [-0.3, -0.25) is 5.10 Å². The Labute approximate surface area is 123 Å². The molecule has 0 radical (unpaired) electrons. The topological polar surface area (TPSA) is 75.3 Å². The molecule has 0 aliphatic carbocycles. The van der Waals surface area contributed by atoms with Crippen molar-refractivity contribution in [3.05, 3.63) is 12.3 Å². The fourth-order valence-electron chi connectivity index (χ4n) is 2.69. The van der Waals surface area contributed by atoms with E-state index in [9.17, 15) is 8.42 Å². The Kier molecular flexibility index (Phi) is 4.34. The van der Waals surface area contributed by atoms with Gasteiger partial charge in [0, 0.05) is 24.9 Å². The van der Waals surface area contributed by atoms with Gasteiger partial charge in [-0.25, -0.2) is 8.42 Å². The van der Waals surface area contributed by atoms with Crippen molar-refractivity contribution in [2.45, 2.75) is 36.4 Å². The van der Waals surface area contributed by atoms with Gasteiger partial charge in [0.15, 0.2) is 5.03 Å². The highest BCUT2D eigenvalue weighted by atomic mass is 32.2. The van der Waals surface area contributed by atoms with Gasteiger partial charge in [-0.15, -0.1) is 0 Å². The van der Waals surface area contributed by atoms with E-state index in [-0.39, 0.29) is 17.2 Å². The fourth-order valence-corrected chi connectivity index (χ4v) is 5.60. The zero-order chi connectivity index (χ0) is 14.0. The number of rotatable bonds is 5. The quantitative estimate of drug-likeness (QED) is 0.880. The van der Waals surface area contributed by atoms with E-state index < -0.39 is 10.0 Å². The average Bonchev–Trinajstić information content (AvgIpc) is 3.16. The molecule has 0 bridgehead atoms. The highest BCUT2D eigenvalue weighted by Crippen LogP contribution is 2.28. The molecule has 1 N–H and O–H groups in total. The molecule has 2 aliphatic heterocycles. The fraction of sp³-hybridized carbons (Fsp3) is 0.750. The summed E-state index contributed by atoms with van der Waals surface area (Å²) in [5.74, 6) is 1.88. The largest absolute Gasteiger partial charge is 0.377 e. The molecule has 0 aromatic carbocycles. The summed E-state index contributed by atoms with van der Waals surface area (Å²) in [7, 11) is -3.51. The van der Waals surface area contributed by atoms with Crippen molar-refractivity contribution in [1.82, 2.24) is 14.5 Å². The van der Waals surface area contributed by atoms with E-state index in [1.165, 1.54) is 12.3 Å². The van der Waals surface area contributed by atoms with Gasteiger partial charge in [-0.05, 0) is 31.1 Å². The second-order valence-corrected chi connectivity index (χ2v) is 8.16. The van der Waals surface area contributed by atoms with Crippen LogP contribution in [0.4, 0.5) is 0 Å². The van der Waals surface area contributed by atoms with Crippen molar-refractivity contribution in [2.75, 3.05) is 24.7 Å². The maximum atomic E-state index is 12.8. The minimum absolute atomic E-state index is 0.0262. The second-order valence-electron chi connectivity index (χ2n) is 5.15. The van der Waals surface area contributed by atoms with Gasteiger partial charge < -0.3 is 4.74 Å². The summed E-state index contributed by atoms with van der Waals surface area (Å²) >= 11 is 1.81. The molecule has 0 spiro atoms. The third-order valence-electron chi connectivity index (χ3n) is 3.78. The van der Waals surface area contributed by atoms with E-state index in [4.69, 9.17) is 4.74 Å². The Morgan fingerprint density at radius 1 is 1.50 bits per heavy atom. The predicted molar refractivity (Wildman–Crippen MR) is 77.2 cm³/mol. The van der Waals surface area contributed by atoms with Crippen LogP contribution < -0.4 is 0 Å². The summed E-state index contributed by atoms with van der Waals surface area (Å²) in [6.07, 6.45) is 4.36. The smallest absolute Gasteiger partial charge is 0.260 e. The lowest BCUT2D eigenvalue weighted by atomic mass is 10.2. The first-order valence-corrected chi connectivity index (χ1v) is 9.48. The molecular weight excluding hydrogens is 298 g/mol. The van der Waals surface area contributed by atoms with Gasteiger partial charge in [-0.1, -0.05) is 0 Å². The maximum Gasteiger partial charge on any atom is 0.260 e. The van der Waals surface area contributed by atoms with E-state index in [1.54, 1.807) is 4.31 Å². The molecule has 2 saturated heterocycles. The van der Waals surface area contributed by atoms with Crippen LogP contribution in [0.25, 0.3) is 0 Å². The Hall–Kier alpha value is -0.570. The van der Waals surface area contributed by atoms with Crippen LogP contribution in [0, 0.1) is 0 Å². The number of nitrogens with one attached hydrogen (secondary N) is 1. The molecule has 20 heavy (non-hydrogen) atoms. The first kappa shape index (κ1) is 14.4. The number of ether oxygens (including phenoxy) is 1. The van der Waals surface area contributed by atoms with Crippen molar-refractivity contribution < 1.29 is 13.2 Å². The van der Waals surface area contributed by atoms with Crippen molar-refractivity contribution in [3.63, 3.8) is 0 Å². The zero-order valence-electron chi connectivity index (χ0n) is 11.2. The lowest BCUT2D eigenvalue weighted by molar-refractivity contribution is 0.0876. The number of aromatic amines is 1. The molecule has 8 heteroatoms. The highest BCUT2D eigenvalue weighted by Gasteiger charge is 2.36. The van der Waals surface area contributed by atoms with Crippen LogP contribution >= 0.6 is 11.8 Å². The second kappa shape index (κ2) is 6.05. The standard InChI is InChI=1S/C12H19N3O3S2/c16-20(17,12-3-5-13-14-12)15(10-4-7-19-9-10)8-11-2-1-6-18-11/h3,5,10-11H,1-2,4,6-9H2,(H,13,14). The van der Waals surface area contributed by atoms with Crippen molar-refractivity contribution in [3.8, 4) is 0 Å². The predicted octanol–water partition coefficient (Wildman–Crippen LogP) is 1.08. The van der Waals surface area contributed by atoms with E-state index >= 15 is 0 Å². The summed E-state index contributed by atoms with van der Waals surface area (Å²) in [5.41, 5.74) is 0. The maximum absolute atomic E-state index is 12.8. The van der Waals surface area contributed by atoms with Crippen LogP contribution in [0.15, 0.2) is 17.3 Å². The Bertz CT molecular complexity index is 520. The number of nitrogens with zero attached hydrogens (tertiary/aromatic N) is 2. The SMILES string of the molecule is O=S(=O)(c1ccn[nH]1)N(CC1CCCO1)C1CCSC1. The number of hydrogen-bond acceptors (Lipinski definition) is 5. The molecule has 3 rings (SSSR count). The van der Waals surface area contributed by atoms with Crippen molar-refractivity contribution in [1.29, 1.82) is 0 Å². The van der Waals surface area contributed by atoms with Crippen LogP contribution in [0.5, 0.6) is 0 Å². The lowest BCUT2D eigenvalue weighted by Gasteiger charge is -2.29. The van der Waals surface area contributed by atoms with Crippen molar-refractivity contribution >= 4 is 21.8 Å². The summed E-state index contributed by atoms with van der Waals surface area (Å²) in [5, 5.41) is 6.51. The van der Waals surface area contributed by atoms with Gasteiger partial charge in [0.05, 0.1) is 12.3 Å². The molecule has 2 fully saturated rings. The normalized spacial score (nSPS) is 27.4. The molecule has 2 aliphatic rings. The molecule has 1 aromatic rings. The molecule has 6 nitrogen and oxygen atoms in total. The molecule has 0 saturated carbocycles. The van der Waals surface area contributed by atoms with Gasteiger partial charge in [0.2, 0.25) is 0 Å². The lowest BCUT2D eigenvalue weighted by Crippen LogP contribution is -2.44. The zero-order valence-corrected chi connectivity index (χ0v) is 12.8. The number of H-pyrrole nitrogens is 1. The van der Waals surface area contributed by atoms with Crippen LogP contribution in [0.3, 0.4) is 0 Å². The minimum Gasteiger partial charge on any atom is -0.377 e. The average molecular weight is 317 g/mol. The Morgan fingerprint density at radius 2 is 2.40 bits per heavy atom. The number of hydrogen-bond donors (Lipinski definition) is 1. The molecule has 1 aromatic heterocycles. The van der Waals surface area contributed by atoms with E-state index in [0.717, 1.165) is 37.4 Å². The van der Waals surface area contributed by atoms with E-state index in [0.29, 0.717) is 6.54 Å². The number of aromatic nitrogens is 2. The van der Waals surface area contributed by atoms with Gasteiger partial charge in [-0.2, -0.15) is 21.2 Å². The van der Waals surface area contributed by atoms with Crippen LogP contribution in [0.1, 0.15) is 19.3 Å². The van der Waals surface area contributed by atoms with Crippen LogP contribution in [-0.2, 0) is 14.8 Å². The minimum atomic E-state index is -3.51. The molecule has 2 atom stereocenters. The Morgan fingerprint density at radius 3 is 3.00 bits per heavy atom. The first-order valence-electron chi connectivity index (χ1n) is 6.88. The number of sulfonamides is 1. The van der Waals surface area contributed by atoms with E-state index in [2.05, 4.69) is 10.2 Å². The summed E-state index contributed by atoms with van der Waals surface area (Å²) in [4.78, 5) is 0. The van der Waals surface area contributed by atoms with Gasteiger partial charge >= 0.3 is 0 Å². The molecule has 3 heterocycles. The van der Waals surface area contributed by atoms with Crippen LogP contribution in [0.2, 0.25) is 0 Å². The van der Waals surface area contributed by atoms with Gasteiger partial charge in [0.1, 0.15) is 0 Å². The Balaban J connectivity index is 1.84. The summed E-state index contributed by atoms with van der Waals surface area (Å²) in [6, 6.07) is 1.58. The van der Waals surface area contributed by atoms with Gasteiger partial charge in [0.25, 0.3) is 10.0 Å². The number of thioether (sulfide) groups is 1. The molecule has 0 amide bonds. The highest BCUT2D eigenvalue weighted by molar-refractivity contribution is 7.99. The van der Waals surface area contributed by atoms with Crippen LogP contribution in [-0.4, -0.2) is 59.7 Å². The van der Waals surface area contributed by atoms with Crippen molar-refractivity contribution in [2.24, 2.45) is 0 Å². The summed E-state index contributed by atoms with van der Waals surface area (Å²) < 4.78 is 32.8. The molecular formula is C12H19N3O3S2. The third kappa shape index (κ3) is 2.88. The molecule has 2 unspecified atom stereocenters. The first-order chi connectivity index (χ1) is 9.68. The third-order valence-corrected chi connectivity index (χ3v) is 6.78.